The van der Waals surface area contributed by atoms with E-state index in [1.54, 1.807) is 18.2 Å². The number of benzene rings is 1. The summed E-state index contributed by atoms with van der Waals surface area (Å²) in [5, 5.41) is 8.01. The summed E-state index contributed by atoms with van der Waals surface area (Å²) in [4.78, 5) is 28.4. The highest BCUT2D eigenvalue weighted by molar-refractivity contribution is 7.74. The van der Waals surface area contributed by atoms with Crippen molar-refractivity contribution in [1.82, 2.24) is 0 Å². The van der Waals surface area contributed by atoms with Crippen LogP contribution in [0.1, 0.15) is 5.56 Å². The molecule has 22 heavy (non-hydrogen) atoms. The number of aliphatic hydroxyl groups is 1. The summed E-state index contributed by atoms with van der Waals surface area (Å²) < 4.78 is 24.9. The van der Waals surface area contributed by atoms with E-state index in [1.165, 1.54) is 10.8 Å². The van der Waals surface area contributed by atoms with Gasteiger partial charge in [0, 0.05) is 24.2 Å². The molecule has 0 saturated carbocycles. The van der Waals surface area contributed by atoms with Crippen molar-refractivity contribution in [2.75, 3.05) is 6.66 Å². The molecule has 2 unspecified atom stereocenters. The molecule has 0 radical (unpaired) electrons. The van der Waals surface area contributed by atoms with E-state index < -0.39 is 26.6 Å². The molecular weight excluding hydrogens is 328 g/mol. The zero-order valence-electron chi connectivity index (χ0n) is 12.1. The van der Waals surface area contributed by atoms with Crippen LogP contribution in [0, 0.1) is 6.92 Å². The van der Waals surface area contributed by atoms with E-state index in [1.807, 2.05) is 19.1 Å². The van der Waals surface area contributed by atoms with E-state index in [0.29, 0.717) is 5.52 Å². The third kappa shape index (κ3) is 3.01. The molecule has 0 aliphatic rings. The van der Waals surface area contributed by atoms with Crippen LogP contribution < -0.4 is 4.57 Å². The lowest BCUT2D eigenvalue weighted by Gasteiger charge is -2.28. The van der Waals surface area contributed by atoms with Crippen LogP contribution in [0.3, 0.4) is 0 Å². The summed E-state index contributed by atoms with van der Waals surface area (Å²) in [6.45, 7) is 1.90. The van der Waals surface area contributed by atoms with Crippen LogP contribution in [0.4, 0.5) is 0 Å². The van der Waals surface area contributed by atoms with E-state index >= 15 is 0 Å². The maximum Gasteiger partial charge on any atom is 0.373 e. The average molecular weight is 346 g/mol. The minimum atomic E-state index is -5.24. The second kappa shape index (κ2) is 5.53. The molecule has 0 fully saturated rings. The molecule has 9 heteroatoms. The Balaban J connectivity index is 2.65. The number of pyridine rings is 1. The molecule has 2 rings (SSSR count). The van der Waals surface area contributed by atoms with Gasteiger partial charge in [-0.25, -0.2) is 0 Å². The Morgan fingerprint density at radius 1 is 1.18 bits per heavy atom. The number of aryl methyl sites for hydroxylation is 1. The van der Waals surface area contributed by atoms with Crippen molar-refractivity contribution in [1.29, 1.82) is 0 Å². The first kappa shape index (κ1) is 17.3. The minimum Gasteiger partial charge on any atom is -0.365 e. The Hall–Kier alpha value is -1.07. The van der Waals surface area contributed by atoms with Crippen molar-refractivity contribution >= 4 is 25.9 Å². The molecule has 2 atom stereocenters. The number of aromatic nitrogens is 1. The second-order valence-corrected chi connectivity index (χ2v) is 10.1. The molecule has 2 aromatic rings. The average Bonchev–Trinajstić information content (AvgIpc) is 2.36. The summed E-state index contributed by atoms with van der Waals surface area (Å²) in [5.74, 6) is 0. The number of hydrogen-bond acceptors (Lipinski definition) is 3. The first-order chi connectivity index (χ1) is 9.96. The van der Waals surface area contributed by atoms with Gasteiger partial charge < -0.3 is 19.8 Å². The van der Waals surface area contributed by atoms with Crippen LogP contribution in [-0.2, 0) is 15.7 Å². The molecule has 0 bridgehead atoms. The molecule has 7 nitrogen and oxygen atoms in total. The highest BCUT2D eigenvalue weighted by Gasteiger charge is 2.60. The number of fused-ring (bicyclic) bond motifs is 1. The largest absolute Gasteiger partial charge is 0.373 e. The fraction of sp³-hybridized carbons (Fsp3) is 0.308. The molecule has 1 aromatic carbocycles. The van der Waals surface area contributed by atoms with Gasteiger partial charge in [0.1, 0.15) is 0 Å². The van der Waals surface area contributed by atoms with Crippen LogP contribution in [0.2, 0.25) is 0 Å². The maximum absolute atomic E-state index is 11.9. The number of rotatable bonds is 4. The van der Waals surface area contributed by atoms with Crippen LogP contribution in [-0.4, -0.2) is 31.5 Å². The predicted molar refractivity (Wildman–Crippen MR) is 81.6 cm³/mol. The van der Waals surface area contributed by atoms with Gasteiger partial charge in [0.05, 0.1) is 0 Å². The normalized spacial score (nSPS) is 17.9. The van der Waals surface area contributed by atoms with Gasteiger partial charge in [0.25, 0.3) is 0 Å². The third-order valence-electron chi connectivity index (χ3n) is 3.55. The van der Waals surface area contributed by atoms with Crippen LogP contribution >= 0.6 is 15.0 Å². The minimum absolute atomic E-state index is 0.600. The van der Waals surface area contributed by atoms with Crippen molar-refractivity contribution < 1.29 is 33.5 Å². The number of nitrogens with zero attached hydrogens (tertiary/aromatic N) is 1. The van der Waals surface area contributed by atoms with E-state index in [-0.39, 0.29) is 0 Å². The van der Waals surface area contributed by atoms with Gasteiger partial charge in [-0.05, 0) is 24.6 Å². The van der Waals surface area contributed by atoms with Gasteiger partial charge >= 0.3 is 12.7 Å². The van der Waals surface area contributed by atoms with E-state index in [9.17, 15) is 28.9 Å². The van der Waals surface area contributed by atoms with Crippen molar-refractivity contribution in [3.63, 3.8) is 0 Å². The summed E-state index contributed by atoms with van der Waals surface area (Å²) in [5.41, 5.74) is 1.51. The Bertz CT molecular complexity index is 787. The van der Waals surface area contributed by atoms with Crippen LogP contribution in [0.5, 0.6) is 0 Å². The molecule has 0 aliphatic heterocycles. The highest BCUT2D eigenvalue weighted by atomic mass is 31.2. The maximum atomic E-state index is 11.9. The summed E-state index contributed by atoms with van der Waals surface area (Å²) in [6.07, 6.45) is 1.50. The van der Waals surface area contributed by atoms with E-state index in [0.717, 1.165) is 17.6 Å². The smallest absolute Gasteiger partial charge is 0.365 e. The van der Waals surface area contributed by atoms with Gasteiger partial charge in [0.15, 0.2) is 12.7 Å². The molecule has 0 amide bonds. The van der Waals surface area contributed by atoms with Crippen molar-refractivity contribution in [2.24, 2.45) is 0 Å². The fourth-order valence-corrected chi connectivity index (χ4v) is 4.89. The van der Waals surface area contributed by atoms with Gasteiger partial charge in [-0.3, -0.25) is 9.13 Å². The topological polar surface area (TPSA) is 119 Å². The molecule has 1 aromatic heterocycles. The molecule has 120 valence electrons. The summed E-state index contributed by atoms with van der Waals surface area (Å²) in [6, 6.07) is 8.90. The lowest BCUT2D eigenvalue weighted by atomic mass is 10.1. The SMILES string of the molecule is Cc1ccc2ccc[n+](CC(O)(P(C)(=O)O)P(=O)(O)O)c2c1. The van der Waals surface area contributed by atoms with E-state index in [2.05, 4.69) is 0 Å². The molecule has 4 N–H and O–H groups in total. The molecule has 0 saturated heterocycles. The Morgan fingerprint density at radius 3 is 2.36 bits per heavy atom. The quantitative estimate of drug-likeness (QED) is 0.487. The lowest BCUT2D eigenvalue weighted by Crippen LogP contribution is -2.47. The van der Waals surface area contributed by atoms with Gasteiger partial charge in [-0.2, -0.15) is 4.57 Å². The fourth-order valence-electron chi connectivity index (χ4n) is 2.21. The number of hydrogen-bond donors (Lipinski definition) is 4. The highest BCUT2D eigenvalue weighted by Crippen LogP contribution is 2.67. The monoisotopic (exact) mass is 346 g/mol. The summed E-state index contributed by atoms with van der Waals surface area (Å²) >= 11 is 0. The molecule has 0 spiro atoms. The zero-order valence-corrected chi connectivity index (χ0v) is 13.9. The standard InChI is InChI=1S/C13H17NO6P2/c1-10-5-6-11-4-3-7-14(12(11)8-10)9-13(15,21(2,16)17)22(18,19)20/h3-8,15H,9H2,1-2H3,(H2-,16,17,18,19,20)/p+1. The van der Waals surface area contributed by atoms with Gasteiger partial charge in [0.2, 0.25) is 12.9 Å². The van der Waals surface area contributed by atoms with Crippen molar-refractivity contribution in [2.45, 2.75) is 18.6 Å². The van der Waals surface area contributed by atoms with Gasteiger partial charge in [-0.1, -0.05) is 6.07 Å². The van der Waals surface area contributed by atoms with Gasteiger partial charge in [-0.15, -0.1) is 0 Å². The first-order valence-electron chi connectivity index (χ1n) is 6.43. The predicted octanol–water partition coefficient (Wildman–Crippen LogP) is 1.16. The molecule has 1 heterocycles. The van der Waals surface area contributed by atoms with E-state index in [4.69, 9.17) is 0 Å². The lowest BCUT2D eigenvalue weighted by molar-refractivity contribution is -0.678. The Kier molecular flexibility index (Phi) is 4.35. The third-order valence-corrected chi connectivity index (χ3v) is 7.99. The Labute approximate surface area is 127 Å². The Morgan fingerprint density at radius 2 is 1.82 bits per heavy atom. The summed E-state index contributed by atoms with van der Waals surface area (Å²) in [7, 11) is -9.74. The molecule has 0 aliphatic carbocycles. The van der Waals surface area contributed by atoms with Crippen LogP contribution in [0.15, 0.2) is 36.5 Å². The molecular formula is C13H18NO6P2+. The first-order valence-corrected chi connectivity index (χ1v) is 10.1. The zero-order chi connectivity index (χ0) is 16.8. The second-order valence-electron chi connectivity index (χ2n) is 5.40. The van der Waals surface area contributed by atoms with Crippen LogP contribution in [0.25, 0.3) is 10.9 Å². The van der Waals surface area contributed by atoms with Crippen molar-refractivity contribution in [3.05, 3.63) is 42.1 Å². The van der Waals surface area contributed by atoms with Crippen molar-refractivity contribution in [3.8, 4) is 0 Å².